The van der Waals surface area contributed by atoms with Gasteiger partial charge in [-0.1, -0.05) is 12.1 Å². The van der Waals surface area contributed by atoms with Gasteiger partial charge in [-0.3, -0.25) is 15.5 Å². The van der Waals surface area contributed by atoms with Crippen LogP contribution in [-0.2, 0) is 0 Å². The summed E-state index contributed by atoms with van der Waals surface area (Å²) in [6, 6.07) is 11.7. The fourth-order valence-electron chi connectivity index (χ4n) is 1.58. The number of rotatable bonds is 4. The van der Waals surface area contributed by atoms with Crippen molar-refractivity contribution < 1.29 is 9.31 Å². The van der Waals surface area contributed by atoms with E-state index in [1.54, 1.807) is 12.1 Å². The Balaban J connectivity index is 1.91. The zero-order valence-corrected chi connectivity index (χ0v) is 12.0. The molecule has 2 aromatic rings. The maximum Gasteiger partial charge on any atom is 0.270 e. The van der Waals surface area contributed by atoms with Crippen molar-refractivity contribution in [3.8, 4) is 0 Å². The van der Waals surface area contributed by atoms with E-state index in [4.69, 9.17) is 12.2 Å². The number of nitrogens with zero attached hydrogens (tertiary/aromatic N) is 2. The molecule has 112 valence electrons. The van der Waals surface area contributed by atoms with E-state index < -0.39 is 4.92 Å². The highest BCUT2D eigenvalue weighted by atomic mass is 32.1. The average molecular weight is 318 g/mol. The Morgan fingerprint density at radius 2 is 2.00 bits per heavy atom. The molecular formula is C14H11FN4O2S. The second-order valence-corrected chi connectivity index (χ2v) is 4.59. The second-order valence-electron chi connectivity index (χ2n) is 4.18. The van der Waals surface area contributed by atoms with Crippen LogP contribution >= 0.6 is 12.2 Å². The number of thiocarbonyl (C=S) groups is 1. The first-order chi connectivity index (χ1) is 10.5. The number of hydrazone groups is 1. The lowest BCUT2D eigenvalue weighted by molar-refractivity contribution is -0.384. The molecule has 0 bridgehead atoms. The Hall–Kier alpha value is -2.87. The normalized spacial score (nSPS) is 10.4. The molecule has 0 aliphatic rings. The van der Waals surface area contributed by atoms with Gasteiger partial charge in [0.25, 0.3) is 5.69 Å². The van der Waals surface area contributed by atoms with Crippen LogP contribution in [-0.4, -0.2) is 16.3 Å². The summed E-state index contributed by atoms with van der Waals surface area (Å²) in [4.78, 5) is 10.2. The van der Waals surface area contributed by atoms with E-state index in [9.17, 15) is 14.5 Å². The molecule has 22 heavy (non-hydrogen) atoms. The van der Waals surface area contributed by atoms with Crippen LogP contribution in [0.1, 0.15) is 5.56 Å². The molecule has 0 saturated heterocycles. The van der Waals surface area contributed by atoms with Crippen LogP contribution in [0.5, 0.6) is 0 Å². The minimum absolute atomic E-state index is 0.0176. The predicted molar refractivity (Wildman–Crippen MR) is 86.4 cm³/mol. The number of benzene rings is 2. The third-order valence-corrected chi connectivity index (χ3v) is 2.76. The highest BCUT2D eigenvalue weighted by molar-refractivity contribution is 7.80. The first-order valence-electron chi connectivity index (χ1n) is 6.15. The largest absolute Gasteiger partial charge is 0.331 e. The highest BCUT2D eigenvalue weighted by Crippen LogP contribution is 2.11. The SMILES string of the molecule is O=[N+]([O-])c1cccc(C=NNC(=S)Nc2ccc(F)cc2)c1. The summed E-state index contributed by atoms with van der Waals surface area (Å²) < 4.78 is 12.8. The van der Waals surface area contributed by atoms with Gasteiger partial charge in [-0.25, -0.2) is 4.39 Å². The van der Waals surface area contributed by atoms with E-state index in [-0.39, 0.29) is 16.6 Å². The van der Waals surface area contributed by atoms with E-state index in [1.165, 1.54) is 42.6 Å². The first kappa shape index (κ1) is 15.5. The van der Waals surface area contributed by atoms with Gasteiger partial charge in [-0.15, -0.1) is 0 Å². The van der Waals surface area contributed by atoms with Gasteiger partial charge >= 0.3 is 0 Å². The molecule has 0 aliphatic heterocycles. The van der Waals surface area contributed by atoms with Gasteiger partial charge in [0, 0.05) is 23.4 Å². The molecular weight excluding hydrogens is 307 g/mol. The fourth-order valence-corrected chi connectivity index (χ4v) is 1.75. The molecule has 0 radical (unpaired) electrons. The summed E-state index contributed by atoms with van der Waals surface area (Å²) in [6.07, 6.45) is 1.41. The van der Waals surface area contributed by atoms with Crippen molar-refractivity contribution in [3.05, 3.63) is 70.0 Å². The lowest BCUT2D eigenvalue weighted by Crippen LogP contribution is -2.23. The van der Waals surface area contributed by atoms with Gasteiger partial charge in [-0.05, 0) is 36.5 Å². The fraction of sp³-hybridized carbons (Fsp3) is 0. The van der Waals surface area contributed by atoms with Gasteiger partial charge in [0.15, 0.2) is 5.11 Å². The standard InChI is InChI=1S/C14H11FN4O2S/c15-11-4-6-12(7-5-11)17-14(22)18-16-9-10-2-1-3-13(8-10)19(20)21/h1-9H,(H2,17,18,22). The lowest BCUT2D eigenvalue weighted by Gasteiger charge is -2.06. The number of hydrogen-bond donors (Lipinski definition) is 2. The van der Waals surface area contributed by atoms with Crippen LogP contribution in [0.4, 0.5) is 15.8 Å². The zero-order chi connectivity index (χ0) is 15.9. The molecule has 0 saturated carbocycles. The van der Waals surface area contributed by atoms with Gasteiger partial charge in [0.2, 0.25) is 0 Å². The first-order valence-corrected chi connectivity index (χ1v) is 6.55. The molecule has 0 aliphatic carbocycles. The minimum Gasteiger partial charge on any atom is -0.331 e. The van der Waals surface area contributed by atoms with Crippen molar-refractivity contribution in [2.24, 2.45) is 5.10 Å². The van der Waals surface area contributed by atoms with Crippen molar-refractivity contribution in [1.29, 1.82) is 0 Å². The zero-order valence-electron chi connectivity index (χ0n) is 11.2. The minimum atomic E-state index is -0.481. The molecule has 0 heterocycles. The van der Waals surface area contributed by atoms with Crippen molar-refractivity contribution in [3.63, 3.8) is 0 Å². The molecule has 0 fully saturated rings. The molecule has 0 aromatic heterocycles. The Morgan fingerprint density at radius 1 is 1.27 bits per heavy atom. The van der Waals surface area contributed by atoms with Crippen molar-refractivity contribution in [1.82, 2.24) is 5.43 Å². The molecule has 2 aromatic carbocycles. The number of hydrogen-bond acceptors (Lipinski definition) is 4. The number of anilines is 1. The third kappa shape index (κ3) is 4.60. The molecule has 6 nitrogen and oxygen atoms in total. The van der Waals surface area contributed by atoms with Gasteiger partial charge in [0.05, 0.1) is 11.1 Å². The second kappa shape index (κ2) is 7.23. The Morgan fingerprint density at radius 3 is 2.68 bits per heavy atom. The third-order valence-electron chi connectivity index (χ3n) is 2.56. The number of nitro groups is 1. The van der Waals surface area contributed by atoms with Crippen LogP contribution in [0.25, 0.3) is 0 Å². The van der Waals surface area contributed by atoms with Crippen LogP contribution in [0.15, 0.2) is 53.6 Å². The van der Waals surface area contributed by atoms with Crippen LogP contribution in [0.3, 0.4) is 0 Å². The topological polar surface area (TPSA) is 79.6 Å². The summed E-state index contributed by atoms with van der Waals surface area (Å²) in [5, 5.41) is 17.6. The van der Waals surface area contributed by atoms with E-state index in [2.05, 4.69) is 15.8 Å². The summed E-state index contributed by atoms with van der Waals surface area (Å²) in [6.45, 7) is 0. The molecule has 2 rings (SSSR count). The average Bonchev–Trinajstić information content (AvgIpc) is 2.50. The van der Waals surface area contributed by atoms with Crippen molar-refractivity contribution in [2.45, 2.75) is 0 Å². The summed E-state index contributed by atoms with van der Waals surface area (Å²) in [7, 11) is 0. The molecule has 0 spiro atoms. The quantitative estimate of drug-likeness (QED) is 0.392. The van der Waals surface area contributed by atoms with Gasteiger partial charge < -0.3 is 5.32 Å². The number of non-ortho nitro benzene ring substituents is 1. The number of nitro benzene ring substituents is 1. The Labute approximate surface area is 130 Å². The van der Waals surface area contributed by atoms with Crippen LogP contribution < -0.4 is 10.7 Å². The molecule has 0 atom stereocenters. The van der Waals surface area contributed by atoms with E-state index in [1.807, 2.05) is 0 Å². The highest BCUT2D eigenvalue weighted by Gasteiger charge is 2.04. The van der Waals surface area contributed by atoms with E-state index >= 15 is 0 Å². The summed E-state index contributed by atoms with van der Waals surface area (Å²) in [5.41, 5.74) is 3.73. The maximum absolute atomic E-state index is 12.8. The molecule has 8 heteroatoms. The van der Waals surface area contributed by atoms with Gasteiger partial charge in [-0.2, -0.15) is 5.10 Å². The monoisotopic (exact) mass is 318 g/mol. The smallest absolute Gasteiger partial charge is 0.270 e. The number of halogens is 1. The van der Waals surface area contributed by atoms with Gasteiger partial charge in [0.1, 0.15) is 5.82 Å². The molecule has 0 unspecified atom stereocenters. The summed E-state index contributed by atoms with van der Waals surface area (Å²) in [5.74, 6) is -0.340. The number of nitrogens with one attached hydrogen (secondary N) is 2. The maximum atomic E-state index is 12.8. The van der Waals surface area contributed by atoms with E-state index in [0.29, 0.717) is 11.3 Å². The van der Waals surface area contributed by atoms with Crippen molar-refractivity contribution in [2.75, 3.05) is 5.32 Å². The van der Waals surface area contributed by atoms with E-state index in [0.717, 1.165) is 0 Å². The van der Waals surface area contributed by atoms with Crippen LogP contribution in [0.2, 0.25) is 0 Å². The van der Waals surface area contributed by atoms with Crippen LogP contribution in [0, 0.1) is 15.9 Å². The molecule has 0 amide bonds. The Bertz CT molecular complexity index is 719. The predicted octanol–water partition coefficient (Wildman–Crippen LogP) is 3.05. The summed E-state index contributed by atoms with van der Waals surface area (Å²) >= 11 is 5.01. The Kier molecular flexibility index (Phi) is 5.10. The van der Waals surface area contributed by atoms with Crippen molar-refractivity contribution >= 4 is 34.9 Å². The molecule has 2 N–H and O–H groups in total. The lowest BCUT2D eigenvalue weighted by atomic mass is 10.2.